The summed E-state index contributed by atoms with van der Waals surface area (Å²) < 4.78 is 0. The molecule has 0 amide bonds. The molecule has 0 bridgehead atoms. The van der Waals surface area contributed by atoms with Gasteiger partial charge < -0.3 is 15.6 Å². The van der Waals surface area contributed by atoms with Crippen molar-refractivity contribution in [1.82, 2.24) is 15.6 Å². The summed E-state index contributed by atoms with van der Waals surface area (Å²) in [6, 6.07) is 4.22. The molecule has 0 saturated carbocycles. The van der Waals surface area contributed by atoms with Gasteiger partial charge in [-0.2, -0.15) is 0 Å². The molecule has 3 heterocycles. The first kappa shape index (κ1) is 15.5. The van der Waals surface area contributed by atoms with Crippen molar-refractivity contribution < 1.29 is 0 Å². The first-order valence-electron chi connectivity index (χ1n) is 7.49. The van der Waals surface area contributed by atoms with Crippen molar-refractivity contribution in [2.75, 3.05) is 26.2 Å². The molecule has 0 atom stereocenters. The van der Waals surface area contributed by atoms with Crippen LogP contribution in [0.25, 0.3) is 0 Å². The highest BCUT2D eigenvalue weighted by molar-refractivity contribution is 5.85. The molecule has 5 heteroatoms. The number of piperidine rings is 2. The average Bonchev–Trinajstić information content (AvgIpc) is 2.49. The third-order valence-electron chi connectivity index (χ3n) is 4.52. The number of aromatic amines is 1. The van der Waals surface area contributed by atoms with Crippen molar-refractivity contribution in [2.24, 2.45) is 0 Å². The molecule has 2 aliphatic heterocycles. The summed E-state index contributed by atoms with van der Waals surface area (Å²) in [5.41, 5.74) is 2.26. The highest BCUT2D eigenvalue weighted by Gasteiger charge is 2.20. The van der Waals surface area contributed by atoms with E-state index in [2.05, 4.69) is 27.8 Å². The fourth-order valence-electron chi connectivity index (χ4n) is 3.33. The Morgan fingerprint density at radius 1 is 0.850 bits per heavy atom. The van der Waals surface area contributed by atoms with Crippen LogP contribution in [0.5, 0.6) is 0 Å². The molecule has 0 unspecified atom stereocenters. The predicted molar refractivity (Wildman–Crippen MR) is 84.0 cm³/mol. The number of nitrogens with one attached hydrogen (secondary N) is 3. The number of H-pyrrole nitrogens is 1. The zero-order chi connectivity index (χ0) is 13.1. The quantitative estimate of drug-likeness (QED) is 0.779. The van der Waals surface area contributed by atoms with Crippen LogP contribution in [0.3, 0.4) is 0 Å². The van der Waals surface area contributed by atoms with Crippen molar-refractivity contribution in [3.63, 3.8) is 0 Å². The predicted octanol–water partition coefficient (Wildman–Crippen LogP) is 1.73. The van der Waals surface area contributed by atoms with Gasteiger partial charge in [0.15, 0.2) is 0 Å². The van der Waals surface area contributed by atoms with Gasteiger partial charge in [0.2, 0.25) is 0 Å². The van der Waals surface area contributed by atoms with E-state index >= 15 is 0 Å². The van der Waals surface area contributed by atoms with Gasteiger partial charge in [-0.05, 0) is 63.8 Å². The Labute approximate surface area is 126 Å². The third-order valence-corrected chi connectivity index (χ3v) is 4.52. The van der Waals surface area contributed by atoms with Gasteiger partial charge in [-0.25, -0.2) is 0 Å². The minimum absolute atomic E-state index is 0. The number of halogens is 1. The molecule has 112 valence electrons. The molecule has 4 nitrogen and oxygen atoms in total. The van der Waals surface area contributed by atoms with E-state index in [1.54, 1.807) is 0 Å². The Balaban J connectivity index is 0.00000147. The number of hydrogen-bond acceptors (Lipinski definition) is 3. The Morgan fingerprint density at radius 3 is 1.95 bits per heavy atom. The SMILES string of the molecule is Cl.O=c1[nH]c(C2CCNCC2)ccc1C1CCNCC1. The molecule has 1 aromatic heterocycles. The number of pyridine rings is 1. The summed E-state index contributed by atoms with van der Waals surface area (Å²) in [7, 11) is 0. The lowest BCUT2D eigenvalue weighted by molar-refractivity contribution is 0.447. The zero-order valence-corrected chi connectivity index (χ0v) is 12.6. The van der Waals surface area contributed by atoms with Crippen molar-refractivity contribution in [1.29, 1.82) is 0 Å². The van der Waals surface area contributed by atoms with E-state index in [-0.39, 0.29) is 18.0 Å². The summed E-state index contributed by atoms with van der Waals surface area (Å²) in [6.07, 6.45) is 4.41. The van der Waals surface area contributed by atoms with E-state index < -0.39 is 0 Å². The smallest absolute Gasteiger partial charge is 0.251 e. The molecular weight excluding hydrogens is 274 g/mol. The van der Waals surface area contributed by atoms with Gasteiger partial charge in [0.1, 0.15) is 0 Å². The molecular formula is C15H24ClN3O. The number of hydrogen-bond donors (Lipinski definition) is 3. The molecule has 2 aliphatic rings. The highest BCUT2D eigenvalue weighted by Crippen LogP contribution is 2.25. The van der Waals surface area contributed by atoms with Crippen molar-refractivity contribution in [3.05, 3.63) is 33.7 Å². The van der Waals surface area contributed by atoms with E-state index in [0.717, 1.165) is 63.1 Å². The molecule has 3 N–H and O–H groups in total. The van der Waals surface area contributed by atoms with Gasteiger partial charge in [-0.3, -0.25) is 4.79 Å². The Morgan fingerprint density at radius 2 is 1.40 bits per heavy atom. The van der Waals surface area contributed by atoms with Gasteiger partial charge in [0, 0.05) is 17.2 Å². The van der Waals surface area contributed by atoms with Crippen LogP contribution in [0.1, 0.15) is 48.8 Å². The minimum atomic E-state index is 0. The van der Waals surface area contributed by atoms with Crippen LogP contribution >= 0.6 is 12.4 Å². The van der Waals surface area contributed by atoms with Crippen LogP contribution in [0, 0.1) is 0 Å². The van der Waals surface area contributed by atoms with Crippen molar-refractivity contribution >= 4 is 12.4 Å². The maximum absolute atomic E-state index is 12.3. The first-order valence-corrected chi connectivity index (χ1v) is 7.49. The van der Waals surface area contributed by atoms with Crippen LogP contribution in [0.2, 0.25) is 0 Å². The van der Waals surface area contributed by atoms with Crippen LogP contribution in [-0.2, 0) is 0 Å². The summed E-state index contributed by atoms with van der Waals surface area (Å²) >= 11 is 0. The van der Waals surface area contributed by atoms with E-state index in [0.29, 0.717) is 11.8 Å². The van der Waals surface area contributed by atoms with Crippen molar-refractivity contribution in [2.45, 2.75) is 37.5 Å². The van der Waals surface area contributed by atoms with Gasteiger partial charge in [-0.1, -0.05) is 6.07 Å². The van der Waals surface area contributed by atoms with Crippen LogP contribution < -0.4 is 16.2 Å². The fraction of sp³-hybridized carbons (Fsp3) is 0.667. The second-order valence-corrected chi connectivity index (χ2v) is 5.75. The topological polar surface area (TPSA) is 56.9 Å². The summed E-state index contributed by atoms with van der Waals surface area (Å²) in [5.74, 6) is 0.961. The van der Waals surface area contributed by atoms with Crippen LogP contribution in [-0.4, -0.2) is 31.2 Å². The maximum atomic E-state index is 12.3. The van der Waals surface area contributed by atoms with E-state index in [1.165, 1.54) is 0 Å². The Kier molecular flexibility index (Phi) is 5.64. The minimum Gasteiger partial charge on any atom is -0.326 e. The molecule has 2 fully saturated rings. The largest absolute Gasteiger partial charge is 0.326 e. The van der Waals surface area contributed by atoms with Gasteiger partial charge in [-0.15, -0.1) is 12.4 Å². The lowest BCUT2D eigenvalue weighted by atomic mass is 9.89. The van der Waals surface area contributed by atoms with E-state index in [9.17, 15) is 4.79 Å². The zero-order valence-electron chi connectivity index (χ0n) is 11.8. The molecule has 0 spiro atoms. The molecule has 0 aliphatic carbocycles. The Hall–Kier alpha value is -0.840. The maximum Gasteiger partial charge on any atom is 0.251 e. The monoisotopic (exact) mass is 297 g/mol. The van der Waals surface area contributed by atoms with Gasteiger partial charge >= 0.3 is 0 Å². The van der Waals surface area contributed by atoms with Gasteiger partial charge in [0.05, 0.1) is 0 Å². The molecule has 1 aromatic rings. The van der Waals surface area contributed by atoms with Gasteiger partial charge in [0.25, 0.3) is 5.56 Å². The summed E-state index contributed by atoms with van der Waals surface area (Å²) in [5, 5.41) is 6.71. The van der Waals surface area contributed by atoms with E-state index in [4.69, 9.17) is 0 Å². The summed E-state index contributed by atoms with van der Waals surface area (Å²) in [6.45, 7) is 4.17. The number of rotatable bonds is 2. The lowest BCUT2D eigenvalue weighted by Crippen LogP contribution is -2.31. The van der Waals surface area contributed by atoms with Crippen molar-refractivity contribution in [3.8, 4) is 0 Å². The second-order valence-electron chi connectivity index (χ2n) is 5.75. The number of aromatic nitrogens is 1. The molecule has 0 radical (unpaired) electrons. The first-order chi connectivity index (χ1) is 9.34. The normalized spacial score (nSPS) is 21.4. The van der Waals surface area contributed by atoms with E-state index in [1.807, 2.05) is 0 Å². The molecule has 20 heavy (non-hydrogen) atoms. The molecule has 0 aromatic carbocycles. The molecule has 3 rings (SSSR count). The van der Waals surface area contributed by atoms with Crippen LogP contribution in [0.15, 0.2) is 16.9 Å². The lowest BCUT2D eigenvalue weighted by Gasteiger charge is -2.24. The summed E-state index contributed by atoms with van der Waals surface area (Å²) in [4.78, 5) is 15.4. The van der Waals surface area contributed by atoms with Crippen LogP contribution in [0.4, 0.5) is 0 Å². The third kappa shape index (κ3) is 3.43. The second kappa shape index (κ2) is 7.25. The highest BCUT2D eigenvalue weighted by atomic mass is 35.5. The Bertz CT molecular complexity index is 476. The molecule has 2 saturated heterocycles. The fourth-order valence-corrected chi connectivity index (χ4v) is 3.33. The average molecular weight is 298 g/mol. The standard InChI is InChI=1S/C15H23N3O.ClH/c19-15-13(11-3-7-16-8-4-11)1-2-14(18-15)12-5-9-17-10-6-12;/h1-2,11-12,16-17H,3-10H2,(H,18,19);1H.